The molecule has 2 fully saturated rings. The fraction of sp³-hybridized carbons (Fsp3) is 0.727. The Bertz CT molecular complexity index is 658. The first-order chi connectivity index (χ1) is 13.8. The molecular weight excluding hydrogens is 370 g/mol. The van der Waals surface area contributed by atoms with Crippen molar-refractivity contribution in [1.29, 1.82) is 0 Å². The van der Waals surface area contributed by atoms with E-state index in [0.717, 1.165) is 18.8 Å². The zero-order valence-electron chi connectivity index (χ0n) is 18.1. The highest BCUT2D eigenvalue weighted by Crippen LogP contribution is 2.24. The van der Waals surface area contributed by atoms with Crippen LogP contribution in [-0.4, -0.2) is 66.0 Å². The molecule has 0 spiro atoms. The molecule has 3 rings (SSSR count). The highest BCUT2D eigenvalue weighted by molar-refractivity contribution is 5.83. The molecule has 0 bridgehead atoms. The minimum Gasteiger partial charge on any atom is -0.467 e. The predicted octanol–water partition coefficient (Wildman–Crippen LogP) is 2.27. The highest BCUT2D eigenvalue weighted by atomic mass is 16.5. The first-order valence-electron chi connectivity index (χ1n) is 10.8. The van der Waals surface area contributed by atoms with E-state index in [9.17, 15) is 9.59 Å². The van der Waals surface area contributed by atoms with E-state index < -0.39 is 0 Å². The summed E-state index contributed by atoms with van der Waals surface area (Å²) in [4.78, 5) is 30.0. The van der Waals surface area contributed by atoms with Crippen LogP contribution in [0.3, 0.4) is 0 Å². The van der Waals surface area contributed by atoms with Crippen LogP contribution in [0.5, 0.6) is 0 Å². The lowest BCUT2D eigenvalue weighted by molar-refractivity contribution is -0.148. The molecule has 1 aromatic rings. The second kappa shape index (κ2) is 9.76. The van der Waals surface area contributed by atoms with Crippen molar-refractivity contribution in [2.45, 2.75) is 65.3 Å². The maximum absolute atomic E-state index is 13.3. The van der Waals surface area contributed by atoms with Gasteiger partial charge in [0.1, 0.15) is 5.76 Å². The van der Waals surface area contributed by atoms with Gasteiger partial charge in [0.05, 0.1) is 31.1 Å². The standard InChI is InChI=1S/C22H35N3O4/c1-15(2)20(25-13-16(3)29-17(4)14-25)22(27)24-9-7-18(8-10-24)21(26)23-12-19-6-5-11-28-19/h5-6,11,15-18,20H,7-10,12-14H2,1-4H3,(H,23,26). The molecule has 0 saturated carbocycles. The van der Waals surface area contributed by atoms with Crippen LogP contribution in [-0.2, 0) is 20.9 Å². The zero-order chi connectivity index (χ0) is 21.0. The van der Waals surface area contributed by atoms with Gasteiger partial charge in [0.2, 0.25) is 11.8 Å². The topological polar surface area (TPSA) is 75.0 Å². The van der Waals surface area contributed by atoms with Gasteiger partial charge < -0.3 is 19.4 Å². The average molecular weight is 406 g/mol. The number of nitrogens with one attached hydrogen (secondary N) is 1. The molecule has 29 heavy (non-hydrogen) atoms. The smallest absolute Gasteiger partial charge is 0.240 e. The van der Waals surface area contributed by atoms with Gasteiger partial charge in [-0.2, -0.15) is 0 Å². The number of rotatable bonds is 6. The molecule has 0 aromatic carbocycles. The molecule has 2 aliphatic rings. The molecule has 162 valence electrons. The molecule has 3 unspecified atom stereocenters. The number of carbonyl (C=O) groups excluding carboxylic acids is 2. The third kappa shape index (κ3) is 5.60. The Labute approximate surface area is 173 Å². The molecule has 2 aliphatic heterocycles. The van der Waals surface area contributed by atoms with Gasteiger partial charge in [-0.25, -0.2) is 0 Å². The fourth-order valence-electron chi connectivity index (χ4n) is 4.59. The van der Waals surface area contributed by atoms with Gasteiger partial charge in [-0.15, -0.1) is 0 Å². The summed E-state index contributed by atoms with van der Waals surface area (Å²) in [7, 11) is 0. The van der Waals surface area contributed by atoms with Crippen molar-refractivity contribution in [2.24, 2.45) is 11.8 Å². The minimum absolute atomic E-state index is 0.0461. The number of ether oxygens (including phenoxy) is 1. The number of furan rings is 1. The molecule has 0 radical (unpaired) electrons. The van der Waals surface area contributed by atoms with Gasteiger partial charge in [-0.1, -0.05) is 13.8 Å². The average Bonchev–Trinajstić information content (AvgIpc) is 3.19. The Balaban J connectivity index is 1.53. The first-order valence-corrected chi connectivity index (χ1v) is 10.8. The molecular formula is C22H35N3O4. The van der Waals surface area contributed by atoms with Gasteiger partial charge >= 0.3 is 0 Å². The summed E-state index contributed by atoms with van der Waals surface area (Å²) in [6.07, 6.45) is 3.28. The van der Waals surface area contributed by atoms with E-state index in [1.807, 2.05) is 17.0 Å². The lowest BCUT2D eigenvalue weighted by Gasteiger charge is -2.43. The van der Waals surface area contributed by atoms with E-state index >= 15 is 0 Å². The summed E-state index contributed by atoms with van der Waals surface area (Å²) in [6, 6.07) is 3.53. The second-order valence-corrected chi connectivity index (χ2v) is 8.80. The normalized spacial score (nSPS) is 25.2. The van der Waals surface area contributed by atoms with Crippen molar-refractivity contribution in [1.82, 2.24) is 15.1 Å². The van der Waals surface area contributed by atoms with Crippen LogP contribution < -0.4 is 5.32 Å². The van der Waals surface area contributed by atoms with E-state index in [1.165, 1.54) is 0 Å². The molecule has 1 N–H and O–H groups in total. The third-order valence-corrected chi connectivity index (χ3v) is 5.92. The van der Waals surface area contributed by atoms with E-state index in [2.05, 4.69) is 37.9 Å². The predicted molar refractivity (Wildman–Crippen MR) is 110 cm³/mol. The number of morpholine rings is 1. The van der Waals surface area contributed by atoms with Crippen molar-refractivity contribution >= 4 is 11.8 Å². The number of hydrogen-bond donors (Lipinski definition) is 1. The number of piperidine rings is 1. The lowest BCUT2D eigenvalue weighted by Crippen LogP contribution is -2.58. The van der Waals surface area contributed by atoms with Crippen LogP contribution in [0.25, 0.3) is 0 Å². The largest absolute Gasteiger partial charge is 0.467 e. The monoisotopic (exact) mass is 405 g/mol. The van der Waals surface area contributed by atoms with E-state index in [0.29, 0.717) is 32.5 Å². The molecule has 3 atom stereocenters. The Morgan fingerprint density at radius 3 is 2.38 bits per heavy atom. The minimum atomic E-state index is -0.131. The van der Waals surface area contributed by atoms with Crippen molar-refractivity contribution in [3.63, 3.8) is 0 Å². The summed E-state index contributed by atoms with van der Waals surface area (Å²) in [5.74, 6) is 1.17. The maximum Gasteiger partial charge on any atom is 0.240 e. The quantitative estimate of drug-likeness (QED) is 0.786. The summed E-state index contributed by atoms with van der Waals surface area (Å²) in [6.45, 7) is 11.6. The number of nitrogens with zero attached hydrogens (tertiary/aromatic N) is 2. The number of hydrogen-bond acceptors (Lipinski definition) is 5. The maximum atomic E-state index is 13.3. The van der Waals surface area contributed by atoms with Crippen molar-refractivity contribution in [3.8, 4) is 0 Å². The Morgan fingerprint density at radius 1 is 1.17 bits per heavy atom. The fourth-order valence-corrected chi connectivity index (χ4v) is 4.59. The zero-order valence-corrected chi connectivity index (χ0v) is 18.1. The lowest BCUT2D eigenvalue weighted by atomic mass is 9.93. The van der Waals surface area contributed by atoms with Crippen molar-refractivity contribution < 1.29 is 18.7 Å². The molecule has 1 aromatic heterocycles. The number of likely N-dealkylation sites (tertiary alicyclic amines) is 1. The van der Waals surface area contributed by atoms with E-state index in [4.69, 9.17) is 9.15 Å². The Hall–Kier alpha value is -1.86. The van der Waals surface area contributed by atoms with Crippen LogP contribution >= 0.6 is 0 Å². The molecule has 3 heterocycles. The van der Waals surface area contributed by atoms with Crippen LogP contribution in [0.2, 0.25) is 0 Å². The summed E-state index contributed by atoms with van der Waals surface area (Å²) < 4.78 is 11.1. The van der Waals surface area contributed by atoms with E-state index in [-0.39, 0.29) is 41.9 Å². The third-order valence-electron chi connectivity index (χ3n) is 5.92. The summed E-state index contributed by atoms with van der Waals surface area (Å²) in [5.41, 5.74) is 0. The Morgan fingerprint density at radius 2 is 1.83 bits per heavy atom. The van der Waals surface area contributed by atoms with Gasteiger partial charge in [0.25, 0.3) is 0 Å². The van der Waals surface area contributed by atoms with Gasteiger partial charge in [0, 0.05) is 32.1 Å². The SMILES string of the molecule is CC1CN(C(C(=O)N2CCC(C(=O)NCc3ccco3)CC2)C(C)C)CC(C)O1. The van der Waals surface area contributed by atoms with Gasteiger partial charge in [-0.05, 0) is 44.7 Å². The highest BCUT2D eigenvalue weighted by Gasteiger charge is 2.38. The van der Waals surface area contributed by atoms with Crippen LogP contribution in [0.15, 0.2) is 22.8 Å². The summed E-state index contributed by atoms with van der Waals surface area (Å²) in [5, 5.41) is 2.94. The molecule has 0 aliphatic carbocycles. The van der Waals surface area contributed by atoms with Gasteiger partial charge in [-0.3, -0.25) is 14.5 Å². The molecule has 7 heteroatoms. The van der Waals surface area contributed by atoms with Crippen LogP contribution in [0, 0.1) is 11.8 Å². The first kappa shape index (κ1) is 21.8. The Kier molecular flexibility index (Phi) is 7.35. The second-order valence-electron chi connectivity index (χ2n) is 8.80. The number of carbonyl (C=O) groups is 2. The number of amides is 2. The van der Waals surface area contributed by atoms with Crippen LogP contribution in [0.4, 0.5) is 0 Å². The van der Waals surface area contributed by atoms with Crippen molar-refractivity contribution in [2.75, 3.05) is 26.2 Å². The molecule has 2 amide bonds. The molecule has 7 nitrogen and oxygen atoms in total. The summed E-state index contributed by atoms with van der Waals surface area (Å²) >= 11 is 0. The molecule has 2 saturated heterocycles. The van der Waals surface area contributed by atoms with Crippen molar-refractivity contribution in [3.05, 3.63) is 24.2 Å². The van der Waals surface area contributed by atoms with Crippen LogP contribution in [0.1, 0.15) is 46.3 Å². The van der Waals surface area contributed by atoms with E-state index in [1.54, 1.807) is 6.26 Å². The van der Waals surface area contributed by atoms with Gasteiger partial charge in [0.15, 0.2) is 0 Å².